The molecule has 5 rings (SSSR count). The highest BCUT2D eigenvalue weighted by Gasteiger charge is 2.25. The average Bonchev–Trinajstić information content (AvgIpc) is 3.46. The third kappa shape index (κ3) is 4.22. The maximum absolute atomic E-state index is 13.6. The van der Waals surface area contributed by atoms with Crippen LogP contribution in [0.3, 0.4) is 0 Å². The van der Waals surface area contributed by atoms with Gasteiger partial charge in [-0.3, -0.25) is 18.7 Å². The van der Waals surface area contributed by atoms with Gasteiger partial charge in [-0.15, -0.1) is 21.5 Å². The van der Waals surface area contributed by atoms with Crippen LogP contribution in [0.4, 0.5) is 4.39 Å². The van der Waals surface area contributed by atoms with Crippen molar-refractivity contribution in [2.45, 2.75) is 43.1 Å². The van der Waals surface area contributed by atoms with Gasteiger partial charge in [0.2, 0.25) is 0 Å². The third-order valence-corrected chi connectivity index (χ3v) is 7.48. The second-order valence-corrected chi connectivity index (χ2v) is 9.67. The van der Waals surface area contributed by atoms with Gasteiger partial charge in [-0.25, -0.2) is 9.37 Å². The predicted octanol–water partition coefficient (Wildman–Crippen LogP) is 4.32. The Morgan fingerprint density at radius 1 is 1.16 bits per heavy atom. The van der Waals surface area contributed by atoms with Gasteiger partial charge in [-0.2, -0.15) is 0 Å². The molecule has 10 heteroatoms. The Labute approximate surface area is 192 Å². The summed E-state index contributed by atoms with van der Waals surface area (Å²) in [6.07, 6.45) is 5.36. The maximum Gasteiger partial charge on any atom is 0.258 e. The van der Waals surface area contributed by atoms with Crippen molar-refractivity contribution in [3.63, 3.8) is 0 Å². The van der Waals surface area contributed by atoms with Crippen LogP contribution in [0.2, 0.25) is 0 Å². The summed E-state index contributed by atoms with van der Waals surface area (Å²) in [6, 6.07) is 8.04. The van der Waals surface area contributed by atoms with Crippen LogP contribution in [-0.4, -0.2) is 42.1 Å². The van der Waals surface area contributed by atoms with E-state index < -0.39 is 0 Å². The van der Waals surface area contributed by atoms with Crippen LogP contribution in [0.1, 0.15) is 43.7 Å². The van der Waals surface area contributed by atoms with Gasteiger partial charge in [-0.05, 0) is 57.1 Å². The Kier molecular flexibility index (Phi) is 6.07. The molecule has 3 aromatic heterocycles. The van der Waals surface area contributed by atoms with Crippen molar-refractivity contribution in [1.82, 2.24) is 29.0 Å². The van der Waals surface area contributed by atoms with E-state index in [1.165, 1.54) is 58.9 Å². The van der Waals surface area contributed by atoms with E-state index in [1.807, 2.05) is 9.95 Å². The lowest BCUT2D eigenvalue weighted by atomic mass is 10.1. The fraction of sp³-hybridized carbons (Fsp3) is 0.364. The SMILES string of the molecule is CC(c1nnc(SCc2cc(=O)n3ccsc3n2)n1-c1ccc(F)cc1)N1CCCCC1. The summed E-state index contributed by atoms with van der Waals surface area (Å²) in [5.74, 6) is 1.04. The van der Waals surface area contributed by atoms with Gasteiger partial charge in [0.05, 0.1) is 11.7 Å². The molecule has 4 aromatic rings. The number of likely N-dealkylation sites (tertiary alicyclic amines) is 1. The molecule has 0 radical (unpaired) electrons. The van der Waals surface area contributed by atoms with E-state index in [-0.39, 0.29) is 17.4 Å². The van der Waals surface area contributed by atoms with Gasteiger partial charge in [0.25, 0.3) is 5.56 Å². The zero-order valence-corrected chi connectivity index (χ0v) is 19.3. The molecule has 0 spiro atoms. The lowest BCUT2D eigenvalue weighted by Gasteiger charge is -2.31. The second-order valence-electron chi connectivity index (χ2n) is 7.86. The number of benzene rings is 1. The minimum absolute atomic E-state index is 0.0902. The van der Waals surface area contributed by atoms with Gasteiger partial charge < -0.3 is 0 Å². The van der Waals surface area contributed by atoms with Crippen molar-refractivity contribution in [2.75, 3.05) is 13.1 Å². The fourth-order valence-corrected chi connectivity index (χ4v) is 5.64. The van der Waals surface area contributed by atoms with Crippen molar-refractivity contribution < 1.29 is 4.39 Å². The summed E-state index contributed by atoms with van der Waals surface area (Å²) < 4.78 is 17.1. The maximum atomic E-state index is 13.6. The zero-order chi connectivity index (χ0) is 22.1. The number of hydrogen-bond donors (Lipinski definition) is 0. The smallest absolute Gasteiger partial charge is 0.258 e. The lowest BCUT2D eigenvalue weighted by molar-refractivity contribution is 0.167. The first-order valence-electron chi connectivity index (χ1n) is 10.6. The number of thioether (sulfide) groups is 1. The molecule has 32 heavy (non-hydrogen) atoms. The Bertz CT molecular complexity index is 1280. The predicted molar refractivity (Wildman–Crippen MR) is 124 cm³/mol. The highest BCUT2D eigenvalue weighted by atomic mass is 32.2. The molecule has 0 aliphatic carbocycles. The molecule has 1 fully saturated rings. The number of hydrogen-bond acceptors (Lipinski definition) is 7. The molecule has 0 saturated carbocycles. The van der Waals surface area contributed by atoms with Crippen LogP contribution in [0.15, 0.2) is 51.9 Å². The molecule has 1 atom stereocenters. The summed E-state index contributed by atoms with van der Waals surface area (Å²) in [4.78, 5) is 20.0. The minimum Gasteiger partial charge on any atom is -0.294 e. The van der Waals surface area contributed by atoms with E-state index in [4.69, 9.17) is 0 Å². The van der Waals surface area contributed by atoms with Gasteiger partial charge >= 0.3 is 0 Å². The normalized spacial score (nSPS) is 15.9. The van der Waals surface area contributed by atoms with Gasteiger partial charge in [0.15, 0.2) is 15.9 Å². The Balaban J connectivity index is 1.47. The zero-order valence-electron chi connectivity index (χ0n) is 17.6. The molecule has 166 valence electrons. The minimum atomic E-state index is -0.282. The number of thiazole rings is 1. The molecule has 1 aliphatic rings. The highest BCUT2D eigenvalue weighted by molar-refractivity contribution is 7.98. The molecular weight excluding hydrogens is 447 g/mol. The molecule has 0 N–H and O–H groups in total. The van der Waals surface area contributed by atoms with E-state index in [1.54, 1.807) is 24.4 Å². The Hall–Kier alpha value is -2.56. The summed E-state index contributed by atoms with van der Waals surface area (Å²) in [7, 11) is 0. The first-order chi connectivity index (χ1) is 15.6. The Morgan fingerprint density at radius 3 is 2.72 bits per heavy atom. The Morgan fingerprint density at radius 2 is 1.94 bits per heavy atom. The second kappa shape index (κ2) is 9.13. The number of piperidine rings is 1. The molecule has 0 bridgehead atoms. The van der Waals surface area contributed by atoms with Crippen molar-refractivity contribution in [1.29, 1.82) is 0 Å². The molecule has 0 amide bonds. The quantitative estimate of drug-likeness (QED) is 0.391. The van der Waals surface area contributed by atoms with Crippen LogP contribution in [0.5, 0.6) is 0 Å². The van der Waals surface area contributed by atoms with Crippen LogP contribution in [0.25, 0.3) is 10.6 Å². The summed E-state index contributed by atoms with van der Waals surface area (Å²) in [5, 5.41) is 11.5. The number of fused-ring (bicyclic) bond motifs is 1. The first-order valence-corrected chi connectivity index (χ1v) is 12.5. The van der Waals surface area contributed by atoms with Crippen LogP contribution >= 0.6 is 23.1 Å². The molecule has 1 saturated heterocycles. The van der Waals surface area contributed by atoms with E-state index in [9.17, 15) is 9.18 Å². The largest absolute Gasteiger partial charge is 0.294 e. The monoisotopic (exact) mass is 470 g/mol. The summed E-state index contributed by atoms with van der Waals surface area (Å²) in [5.41, 5.74) is 1.42. The molecular formula is C22H23FN6OS2. The highest BCUT2D eigenvalue weighted by Crippen LogP contribution is 2.30. The van der Waals surface area contributed by atoms with Crippen molar-refractivity contribution >= 4 is 28.1 Å². The fourth-order valence-electron chi connectivity index (χ4n) is 4.05. The number of rotatable bonds is 6. The van der Waals surface area contributed by atoms with Crippen LogP contribution in [-0.2, 0) is 5.75 Å². The van der Waals surface area contributed by atoms with Crippen molar-refractivity contribution in [3.05, 3.63) is 69.6 Å². The standard InChI is InChI=1S/C22H23FN6OS2/c1-15(27-9-3-2-4-10-27)20-25-26-22(29(20)18-7-5-16(23)6-8-18)32-14-17-13-19(30)28-11-12-31-21(28)24-17/h5-8,11-13,15H,2-4,9-10,14H2,1H3. The molecule has 1 unspecified atom stereocenters. The molecule has 1 aliphatic heterocycles. The van der Waals surface area contributed by atoms with Crippen LogP contribution < -0.4 is 5.56 Å². The van der Waals surface area contributed by atoms with Gasteiger partial charge in [0, 0.05) is 29.1 Å². The third-order valence-electron chi connectivity index (χ3n) is 5.76. The topological polar surface area (TPSA) is 68.3 Å². The first kappa shape index (κ1) is 21.3. The molecule has 7 nitrogen and oxygen atoms in total. The van der Waals surface area contributed by atoms with Crippen molar-refractivity contribution in [2.24, 2.45) is 0 Å². The van der Waals surface area contributed by atoms with E-state index in [0.717, 1.165) is 24.6 Å². The summed E-state index contributed by atoms with van der Waals surface area (Å²) >= 11 is 2.91. The number of halogens is 1. The van der Waals surface area contributed by atoms with E-state index in [2.05, 4.69) is 27.0 Å². The van der Waals surface area contributed by atoms with Crippen molar-refractivity contribution in [3.8, 4) is 5.69 Å². The van der Waals surface area contributed by atoms with Crippen LogP contribution in [0, 0.1) is 5.82 Å². The summed E-state index contributed by atoms with van der Waals surface area (Å²) in [6.45, 7) is 4.22. The van der Waals surface area contributed by atoms with E-state index >= 15 is 0 Å². The van der Waals surface area contributed by atoms with Gasteiger partial charge in [-0.1, -0.05) is 18.2 Å². The number of nitrogens with zero attached hydrogens (tertiary/aromatic N) is 6. The van der Waals surface area contributed by atoms with E-state index in [0.29, 0.717) is 21.6 Å². The number of aromatic nitrogens is 5. The lowest BCUT2D eigenvalue weighted by Crippen LogP contribution is -2.33. The average molecular weight is 471 g/mol. The molecule has 4 heterocycles. The molecule has 1 aromatic carbocycles. The van der Waals surface area contributed by atoms with Gasteiger partial charge in [0.1, 0.15) is 5.82 Å².